The van der Waals surface area contributed by atoms with Crippen LogP contribution in [-0.4, -0.2) is 0 Å². The summed E-state index contributed by atoms with van der Waals surface area (Å²) < 4.78 is 1.26. The first kappa shape index (κ1) is 11.5. The van der Waals surface area contributed by atoms with Crippen LogP contribution in [0.15, 0.2) is 22.7 Å². The van der Waals surface area contributed by atoms with E-state index in [0.29, 0.717) is 5.41 Å². The van der Waals surface area contributed by atoms with E-state index in [1.807, 2.05) is 0 Å². The van der Waals surface area contributed by atoms with Gasteiger partial charge in [0.05, 0.1) is 0 Å². The fraction of sp³-hybridized carbons (Fsp3) is 0.647. The molecule has 0 atom stereocenters. The van der Waals surface area contributed by atoms with E-state index >= 15 is 0 Å². The largest absolute Gasteiger partial charge is 0.0573 e. The average Bonchev–Trinajstić information content (AvgIpc) is 2.31. The lowest BCUT2D eigenvalue weighted by molar-refractivity contribution is -0.00521. The van der Waals surface area contributed by atoms with Crippen molar-refractivity contribution < 1.29 is 0 Å². The van der Waals surface area contributed by atoms with Gasteiger partial charge in [0.15, 0.2) is 0 Å². The minimum absolute atomic E-state index is 0.556. The lowest BCUT2D eigenvalue weighted by Gasteiger charge is -2.57. The molecule has 96 valence electrons. The van der Waals surface area contributed by atoms with Gasteiger partial charge in [-0.15, -0.1) is 0 Å². The number of rotatable bonds is 1. The Morgan fingerprint density at radius 2 is 1.56 bits per heavy atom. The quantitative estimate of drug-likeness (QED) is 0.667. The molecule has 0 aliphatic heterocycles. The molecule has 0 amide bonds. The smallest absolute Gasteiger partial charge is 0.0204 e. The molecule has 4 aliphatic rings. The molecular weight excluding hydrogens is 284 g/mol. The summed E-state index contributed by atoms with van der Waals surface area (Å²) in [5.74, 6) is 3.13. The van der Waals surface area contributed by atoms with Gasteiger partial charge >= 0.3 is 0 Å². The second-order valence-electron chi connectivity index (χ2n) is 7.16. The van der Waals surface area contributed by atoms with E-state index in [1.165, 1.54) is 48.6 Å². The Bertz CT molecular complexity index is 453. The van der Waals surface area contributed by atoms with Gasteiger partial charge in [-0.1, -0.05) is 28.1 Å². The summed E-state index contributed by atoms with van der Waals surface area (Å²) in [7, 11) is 0. The highest BCUT2D eigenvalue weighted by atomic mass is 79.9. The van der Waals surface area contributed by atoms with Gasteiger partial charge in [-0.3, -0.25) is 0 Å². The molecule has 1 heteroatoms. The van der Waals surface area contributed by atoms with E-state index in [0.717, 1.165) is 17.8 Å². The molecule has 5 rings (SSSR count). The Kier molecular flexibility index (Phi) is 2.46. The van der Waals surface area contributed by atoms with Gasteiger partial charge in [0, 0.05) is 4.47 Å². The van der Waals surface area contributed by atoms with Crippen molar-refractivity contribution in [1.82, 2.24) is 0 Å². The van der Waals surface area contributed by atoms with E-state index < -0.39 is 0 Å². The van der Waals surface area contributed by atoms with Crippen LogP contribution < -0.4 is 0 Å². The van der Waals surface area contributed by atoms with Crippen molar-refractivity contribution >= 4 is 15.9 Å². The van der Waals surface area contributed by atoms with Crippen molar-refractivity contribution in [3.63, 3.8) is 0 Å². The van der Waals surface area contributed by atoms with E-state index in [1.54, 1.807) is 5.56 Å². The zero-order valence-electron chi connectivity index (χ0n) is 11.1. The molecule has 0 nitrogen and oxygen atoms in total. The molecule has 4 fully saturated rings. The highest BCUT2D eigenvalue weighted by Crippen LogP contribution is 2.60. The predicted molar refractivity (Wildman–Crippen MR) is 78.7 cm³/mol. The zero-order chi connectivity index (χ0) is 12.3. The Labute approximate surface area is 118 Å². The molecule has 4 aliphatic carbocycles. The molecular formula is C17H21Br. The van der Waals surface area contributed by atoms with Crippen LogP contribution in [0.4, 0.5) is 0 Å². The van der Waals surface area contributed by atoms with Crippen LogP contribution in [0.5, 0.6) is 0 Å². The lowest BCUT2D eigenvalue weighted by atomic mass is 9.48. The summed E-state index contributed by atoms with van der Waals surface area (Å²) in [5, 5.41) is 0. The molecule has 0 spiro atoms. The molecule has 4 bridgehead atoms. The van der Waals surface area contributed by atoms with Crippen molar-refractivity contribution in [3.8, 4) is 0 Å². The Morgan fingerprint density at radius 1 is 1.00 bits per heavy atom. The predicted octanol–water partition coefficient (Wildman–Crippen LogP) is 5.23. The lowest BCUT2D eigenvalue weighted by Crippen LogP contribution is -2.48. The maximum atomic E-state index is 3.64. The molecule has 0 unspecified atom stereocenters. The number of halogens is 1. The minimum atomic E-state index is 0.556. The molecule has 4 saturated carbocycles. The second-order valence-corrected chi connectivity index (χ2v) is 8.02. The summed E-state index contributed by atoms with van der Waals surface area (Å²) in [6, 6.07) is 7.12. The van der Waals surface area contributed by atoms with Crippen LogP contribution in [0.3, 0.4) is 0 Å². The Hall–Kier alpha value is -0.300. The van der Waals surface area contributed by atoms with Gasteiger partial charge in [-0.05, 0) is 85.8 Å². The van der Waals surface area contributed by atoms with Crippen molar-refractivity contribution in [1.29, 1.82) is 0 Å². The summed E-state index contributed by atoms with van der Waals surface area (Å²) in [6.07, 6.45) is 9.03. The maximum Gasteiger partial charge on any atom is 0.0204 e. The Balaban J connectivity index is 1.76. The van der Waals surface area contributed by atoms with Crippen LogP contribution in [0.1, 0.15) is 49.7 Å². The zero-order valence-corrected chi connectivity index (χ0v) is 12.7. The fourth-order valence-electron chi connectivity index (χ4n) is 5.44. The first-order valence-corrected chi connectivity index (χ1v) is 8.20. The summed E-state index contributed by atoms with van der Waals surface area (Å²) in [6.45, 7) is 2.23. The van der Waals surface area contributed by atoms with E-state index in [4.69, 9.17) is 0 Å². The molecule has 0 saturated heterocycles. The molecule has 0 radical (unpaired) electrons. The van der Waals surface area contributed by atoms with Gasteiger partial charge in [-0.25, -0.2) is 0 Å². The molecule has 1 aromatic rings. The standard InChI is InChI=1S/C17H21Br/c1-11-4-15(2-3-16(11)18)17-8-12-5-13(9-17)7-14(6-12)10-17/h2-4,12-14H,5-10H2,1H3. The van der Waals surface area contributed by atoms with Crippen LogP contribution in [0.25, 0.3) is 0 Å². The number of benzene rings is 1. The van der Waals surface area contributed by atoms with Crippen LogP contribution in [0.2, 0.25) is 0 Å². The van der Waals surface area contributed by atoms with Crippen molar-refractivity contribution in [2.45, 2.75) is 50.9 Å². The SMILES string of the molecule is Cc1cc(C23CC4CC(CC(C4)C2)C3)ccc1Br. The first-order chi connectivity index (χ1) is 8.64. The van der Waals surface area contributed by atoms with E-state index in [9.17, 15) is 0 Å². The molecule has 0 N–H and O–H groups in total. The van der Waals surface area contributed by atoms with Crippen LogP contribution in [0, 0.1) is 24.7 Å². The van der Waals surface area contributed by atoms with Gasteiger partial charge < -0.3 is 0 Å². The van der Waals surface area contributed by atoms with Gasteiger partial charge in [0.2, 0.25) is 0 Å². The minimum Gasteiger partial charge on any atom is -0.0573 e. The van der Waals surface area contributed by atoms with Crippen LogP contribution in [-0.2, 0) is 5.41 Å². The average molecular weight is 305 g/mol. The molecule has 1 aromatic carbocycles. The van der Waals surface area contributed by atoms with Gasteiger partial charge in [0.1, 0.15) is 0 Å². The van der Waals surface area contributed by atoms with Crippen molar-refractivity contribution in [2.24, 2.45) is 17.8 Å². The summed E-state index contributed by atoms with van der Waals surface area (Å²) in [4.78, 5) is 0. The Morgan fingerprint density at radius 3 is 2.06 bits per heavy atom. The number of hydrogen-bond donors (Lipinski definition) is 0. The highest BCUT2D eigenvalue weighted by molar-refractivity contribution is 9.10. The van der Waals surface area contributed by atoms with E-state index in [2.05, 4.69) is 41.1 Å². The first-order valence-electron chi connectivity index (χ1n) is 7.41. The maximum absolute atomic E-state index is 3.64. The number of hydrogen-bond acceptors (Lipinski definition) is 0. The molecule has 0 aromatic heterocycles. The third-order valence-electron chi connectivity index (χ3n) is 5.81. The highest BCUT2D eigenvalue weighted by Gasteiger charge is 2.51. The molecule has 0 heterocycles. The summed E-state index contributed by atoms with van der Waals surface area (Å²) in [5.41, 5.74) is 3.60. The van der Waals surface area contributed by atoms with Gasteiger partial charge in [0.25, 0.3) is 0 Å². The van der Waals surface area contributed by atoms with Crippen molar-refractivity contribution in [2.75, 3.05) is 0 Å². The monoisotopic (exact) mass is 304 g/mol. The van der Waals surface area contributed by atoms with Crippen molar-refractivity contribution in [3.05, 3.63) is 33.8 Å². The molecule has 18 heavy (non-hydrogen) atoms. The number of aryl methyl sites for hydroxylation is 1. The normalized spacial score (nSPS) is 41.3. The van der Waals surface area contributed by atoms with E-state index in [-0.39, 0.29) is 0 Å². The fourth-order valence-corrected chi connectivity index (χ4v) is 5.69. The third-order valence-corrected chi connectivity index (χ3v) is 6.70. The van der Waals surface area contributed by atoms with Crippen LogP contribution >= 0.6 is 15.9 Å². The third kappa shape index (κ3) is 1.62. The van der Waals surface area contributed by atoms with Gasteiger partial charge in [-0.2, -0.15) is 0 Å². The summed E-state index contributed by atoms with van der Waals surface area (Å²) >= 11 is 3.64. The topological polar surface area (TPSA) is 0 Å². The second kappa shape index (κ2) is 3.85.